The summed E-state index contributed by atoms with van der Waals surface area (Å²) in [5.74, 6) is 1.33. The second-order valence-electron chi connectivity index (χ2n) is 5.41. The molecule has 3 heteroatoms. The summed E-state index contributed by atoms with van der Waals surface area (Å²) in [5, 5.41) is 0. The predicted octanol–water partition coefficient (Wildman–Crippen LogP) is 2.00. The zero-order chi connectivity index (χ0) is 11.7. The molecule has 0 aromatic rings. The number of rotatable bonds is 3. The Kier molecular flexibility index (Phi) is 3.31. The van der Waals surface area contributed by atoms with E-state index >= 15 is 0 Å². The van der Waals surface area contributed by atoms with Crippen LogP contribution >= 0.6 is 0 Å². The molecule has 1 saturated carbocycles. The second kappa shape index (κ2) is 4.56. The van der Waals surface area contributed by atoms with Crippen LogP contribution in [0.3, 0.4) is 0 Å². The first-order valence-electron chi connectivity index (χ1n) is 6.39. The first-order valence-corrected chi connectivity index (χ1v) is 6.39. The molecule has 2 aliphatic rings. The fraction of sp³-hybridized carbons (Fsp3) is 0.846. The number of Topliss-reactive ketones (excluding diaryl/α,β-unsaturated/α-hetero) is 1. The minimum Gasteiger partial charge on any atom is -0.339 e. The van der Waals surface area contributed by atoms with Gasteiger partial charge in [-0.1, -0.05) is 6.92 Å². The normalized spacial score (nSPS) is 33.6. The van der Waals surface area contributed by atoms with Gasteiger partial charge in [-0.25, -0.2) is 0 Å². The summed E-state index contributed by atoms with van der Waals surface area (Å²) >= 11 is 0. The van der Waals surface area contributed by atoms with E-state index in [9.17, 15) is 9.59 Å². The van der Waals surface area contributed by atoms with Crippen LogP contribution in [0.25, 0.3) is 0 Å². The van der Waals surface area contributed by atoms with E-state index < -0.39 is 0 Å². The molecule has 0 radical (unpaired) electrons. The summed E-state index contributed by atoms with van der Waals surface area (Å²) in [6.45, 7) is 4.61. The monoisotopic (exact) mass is 223 g/mol. The largest absolute Gasteiger partial charge is 0.339 e. The van der Waals surface area contributed by atoms with Crippen LogP contribution in [0.2, 0.25) is 0 Å². The topological polar surface area (TPSA) is 37.4 Å². The number of hydrogen-bond acceptors (Lipinski definition) is 2. The van der Waals surface area contributed by atoms with Gasteiger partial charge in [-0.15, -0.1) is 0 Å². The highest BCUT2D eigenvalue weighted by Crippen LogP contribution is 2.40. The summed E-state index contributed by atoms with van der Waals surface area (Å²) in [4.78, 5) is 25.4. The van der Waals surface area contributed by atoms with E-state index in [1.807, 2.05) is 4.90 Å². The second-order valence-corrected chi connectivity index (χ2v) is 5.41. The Morgan fingerprint density at radius 1 is 1.31 bits per heavy atom. The van der Waals surface area contributed by atoms with Crippen molar-refractivity contribution < 1.29 is 9.59 Å². The van der Waals surface area contributed by atoms with Crippen LogP contribution in [0.1, 0.15) is 46.0 Å². The Hall–Kier alpha value is -0.860. The van der Waals surface area contributed by atoms with Crippen molar-refractivity contribution in [2.24, 2.45) is 11.8 Å². The minimum atomic E-state index is 0.187. The summed E-state index contributed by atoms with van der Waals surface area (Å²) in [6.07, 6.45) is 4.85. The van der Waals surface area contributed by atoms with Crippen molar-refractivity contribution in [1.82, 2.24) is 4.90 Å². The molecule has 2 fully saturated rings. The molecule has 0 bridgehead atoms. The van der Waals surface area contributed by atoms with E-state index in [0.717, 1.165) is 32.2 Å². The van der Waals surface area contributed by atoms with Gasteiger partial charge in [0.05, 0.1) is 0 Å². The lowest BCUT2D eigenvalue weighted by molar-refractivity contribution is -0.137. The Morgan fingerprint density at radius 3 is 2.56 bits per heavy atom. The predicted molar refractivity (Wildman–Crippen MR) is 61.9 cm³/mol. The van der Waals surface area contributed by atoms with Crippen molar-refractivity contribution in [2.75, 3.05) is 6.54 Å². The van der Waals surface area contributed by atoms with Crippen LogP contribution in [0, 0.1) is 11.8 Å². The highest BCUT2D eigenvalue weighted by atomic mass is 16.2. The maximum atomic E-state index is 12.2. The number of carbonyl (C=O) groups excluding carboxylic acids is 2. The highest BCUT2D eigenvalue weighted by molar-refractivity contribution is 5.83. The molecule has 0 N–H and O–H groups in total. The Morgan fingerprint density at radius 2 is 2.00 bits per heavy atom. The molecule has 90 valence electrons. The number of amides is 1. The lowest BCUT2D eigenvalue weighted by Crippen LogP contribution is -2.45. The molecule has 3 unspecified atom stereocenters. The fourth-order valence-electron chi connectivity index (χ4n) is 2.71. The van der Waals surface area contributed by atoms with Crippen LogP contribution < -0.4 is 0 Å². The molecule has 0 aromatic heterocycles. The van der Waals surface area contributed by atoms with E-state index in [0.29, 0.717) is 18.2 Å². The number of nitrogens with zero attached hydrogens (tertiary/aromatic N) is 1. The third-order valence-electron chi connectivity index (χ3n) is 3.86. The Bertz CT molecular complexity index is 300. The van der Waals surface area contributed by atoms with Gasteiger partial charge in [0.2, 0.25) is 5.91 Å². The Balaban J connectivity index is 1.98. The van der Waals surface area contributed by atoms with Gasteiger partial charge in [-0.3, -0.25) is 9.59 Å². The molecule has 3 atom stereocenters. The molecule has 1 aliphatic heterocycles. The molecular formula is C13H21NO2. The summed E-state index contributed by atoms with van der Waals surface area (Å²) in [7, 11) is 0. The van der Waals surface area contributed by atoms with Crippen LogP contribution in [0.5, 0.6) is 0 Å². The lowest BCUT2D eigenvalue weighted by atomic mass is 9.97. The molecule has 1 saturated heterocycles. The highest BCUT2D eigenvalue weighted by Gasteiger charge is 2.43. The van der Waals surface area contributed by atoms with Crippen molar-refractivity contribution in [2.45, 2.75) is 52.0 Å². The first-order chi connectivity index (χ1) is 7.59. The van der Waals surface area contributed by atoms with Gasteiger partial charge in [0, 0.05) is 24.9 Å². The van der Waals surface area contributed by atoms with Gasteiger partial charge in [0.1, 0.15) is 5.78 Å². The Labute approximate surface area is 97.2 Å². The minimum absolute atomic E-state index is 0.187. The zero-order valence-electron chi connectivity index (χ0n) is 10.2. The van der Waals surface area contributed by atoms with Crippen LogP contribution in [-0.2, 0) is 9.59 Å². The number of ketones is 1. The lowest BCUT2D eigenvalue weighted by Gasteiger charge is -2.35. The van der Waals surface area contributed by atoms with Gasteiger partial charge in [-0.05, 0) is 38.5 Å². The quantitative estimate of drug-likeness (QED) is 0.734. The molecular weight excluding hydrogens is 202 g/mol. The van der Waals surface area contributed by atoms with Crippen LogP contribution in [-0.4, -0.2) is 29.2 Å². The molecule has 16 heavy (non-hydrogen) atoms. The molecule has 0 aromatic carbocycles. The molecule has 1 amide bonds. The van der Waals surface area contributed by atoms with Crippen molar-refractivity contribution in [3.8, 4) is 0 Å². The van der Waals surface area contributed by atoms with Gasteiger partial charge < -0.3 is 4.90 Å². The molecule has 1 heterocycles. The van der Waals surface area contributed by atoms with E-state index in [2.05, 4.69) is 6.92 Å². The third kappa shape index (κ3) is 2.45. The van der Waals surface area contributed by atoms with Crippen molar-refractivity contribution in [3.05, 3.63) is 0 Å². The number of likely N-dealkylation sites (tertiary alicyclic amines) is 1. The summed E-state index contributed by atoms with van der Waals surface area (Å²) in [6, 6.07) is 0.187. The van der Waals surface area contributed by atoms with E-state index in [-0.39, 0.29) is 17.7 Å². The standard InChI is InChI=1S/C13H21NO2/c1-9-7-12(9)13(16)14-6-4-3-5-11(14)8-10(2)15/h9,11-12H,3-8H2,1-2H3. The van der Waals surface area contributed by atoms with Crippen LogP contribution in [0.4, 0.5) is 0 Å². The van der Waals surface area contributed by atoms with Gasteiger partial charge in [0.25, 0.3) is 0 Å². The molecule has 3 nitrogen and oxygen atoms in total. The van der Waals surface area contributed by atoms with Gasteiger partial charge in [-0.2, -0.15) is 0 Å². The van der Waals surface area contributed by atoms with E-state index in [4.69, 9.17) is 0 Å². The number of carbonyl (C=O) groups is 2. The fourth-order valence-corrected chi connectivity index (χ4v) is 2.71. The number of hydrogen-bond donors (Lipinski definition) is 0. The molecule has 2 rings (SSSR count). The van der Waals surface area contributed by atoms with Crippen LogP contribution in [0.15, 0.2) is 0 Å². The van der Waals surface area contributed by atoms with Crippen molar-refractivity contribution >= 4 is 11.7 Å². The zero-order valence-corrected chi connectivity index (χ0v) is 10.2. The molecule has 0 spiro atoms. The average molecular weight is 223 g/mol. The van der Waals surface area contributed by atoms with Gasteiger partial charge in [0.15, 0.2) is 0 Å². The summed E-state index contributed by atoms with van der Waals surface area (Å²) < 4.78 is 0. The smallest absolute Gasteiger partial charge is 0.226 e. The maximum Gasteiger partial charge on any atom is 0.226 e. The van der Waals surface area contributed by atoms with Crippen molar-refractivity contribution in [3.63, 3.8) is 0 Å². The van der Waals surface area contributed by atoms with Crippen molar-refractivity contribution in [1.29, 1.82) is 0 Å². The molecule has 1 aliphatic carbocycles. The van der Waals surface area contributed by atoms with E-state index in [1.54, 1.807) is 6.92 Å². The van der Waals surface area contributed by atoms with Gasteiger partial charge >= 0.3 is 0 Å². The average Bonchev–Trinajstić information content (AvgIpc) is 2.94. The third-order valence-corrected chi connectivity index (χ3v) is 3.86. The number of piperidine rings is 1. The van der Waals surface area contributed by atoms with E-state index in [1.165, 1.54) is 0 Å². The first kappa shape index (κ1) is 11.6. The summed E-state index contributed by atoms with van der Waals surface area (Å²) in [5.41, 5.74) is 0. The SMILES string of the molecule is CC(=O)CC1CCCCN1C(=O)C1CC1C. The maximum absolute atomic E-state index is 12.2.